The number of hydrogen-bond acceptors (Lipinski definition) is 5. The summed E-state index contributed by atoms with van der Waals surface area (Å²) >= 11 is 1.90. The van der Waals surface area contributed by atoms with E-state index in [1.54, 1.807) is 30.9 Å². The molecule has 6 nitrogen and oxygen atoms in total. The molecule has 2 aromatic heterocycles. The van der Waals surface area contributed by atoms with Gasteiger partial charge >= 0.3 is 0 Å². The van der Waals surface area contributed by atoms with Gasteiger partial charge in [-0.05, 0) is 24.7 Å². The van der Waals surface area contributed by atoms with E-state index in [9.17, 15) is 4.79 Å². The summed E-state index contributed by atoms with van der Waals surface area (Å²) in [7, 11) is 0. The zero-order valence-corrected chi connectivity index (χ0v) is 13.7. The molecule has 1 aliphatic heterocycles. The summed E-state index contributed by atoms with van der Waals surface area (Å²) < 4.78 is 7.76. The summed E-state index contributed by atoms with van der Waals surface area (Å²) in [5.74, 6) is 2.64. The maximum Gasteiger partial charge on any atom is 0.252 e. The average molecular weight is 332 g/mol. The minimum absolute atomic E-state index is 0.105. The third-order valence-electron chi connectivity index (χ3n) is 3.61. The molecular formula is C16H20N4O2S. The van der Waals surface area contributed by atoms with Crippen LogP contribution in [0.4, 0.5) is 0 Å². The standard InChI is InChI=1S/C16H20N4O2S/c21-16(18-5-1-7-20-8-6-17-12-20)13-2-3-15(19-10-13)22-14-4-9-23-11-14/h2-3,6,8,10,12,14H,1,4-5,7,9,11H2,(H,18,21)/t14-/m0/s1. The van der Waals surface area contributed by atoms with Crippen molar-refractivity contribution >= 4 is 17.7 Å². The third-order valence-corrected chi connectivity index (χ3v) is 4.74. The van der Waals surface area contributed by atoms with Gasteiger partial charge in [-0.2, -0.15) is 11.8 Å². The van der Waals surface area contributed by atoms with E-state index >= 15 is 0 Å². The van der Waals surface area contributed by atoms with Gasteiger partial charge in [0.2, 0.25) is 5.88 Å². The van der Waals surface area contributed by atoms with E-state index in [1.165, 1.54) is 0 Å². The van der Waals surface area contributed by atoms with E-state index in [1.807, 2.05) is 22.5 Å². The van der Waals surface area contributed by atoms with Crippen LogP contribution in [0.3, 0.4) is 0 Å². The number of ether oxygens (including phenoxy) is 1. The molecule has 0 aliphatic carbocycles. The van der Waals surface area contributed by atoms with Crippen molar-refractivity contribution in [2.45, 2.75) is 25.5 Å². The third kappa shape index (κ3) is 4.72. The summed E-state index contributed by atoms with van der Waals surface area (Å²) in [6.07, 6.45) is 9.17. The zero-order valence-electron chi connectivity index (χ0n) is 12.9. The minimum atomic E-state index is -0.105. The first-order valence-corrected chi connectivity index (χ1v) is 8.91. The first-order chi connectivity index (χ1) is 11.3. The molecule has 0 aromatic carbocycles. The van der Waals surface area contributed by atoms with Crippen molar-refractivity contribution < 1.29 is 9.53 Å². The monoisotopic (exact) mass is 332 g/mol. The van der Waals surface area contributed by atoms with Gasteiger partial charge in [0.25, 0.3) is 5.91 Å². The molecule has 2 aromatic rings. The first kappa shape index (κ1) is 15.9. The van der Waals surface area contributed by atoms with E-state index in [4.69, 9.17) is 4.74 Å². The maximum atomic E-state index is 12.0. The Morgan fingerprint density at radius 2 is 2.43 bits per heavy atom. The van der Waals surface area contributed by atoms with Gasteiger partial charge in [-0.25, -0.2) is 9.97 Å². The second-order valence-corrected chi connectivity index (χ2v) is 6.55. The van der Waals surface area contributed by atoms with E-state index in [0.29, 0.717) is 18.0 Å². The fourth-order valence-electron chi connectivity index (χ4n) is 2.35. The van der Waals surface area contributed by atoms with Crippen LogP contribution in [-0.2, 0) is 6.54 Å². The molecule has 23 heavy (non-hydrogen) atoms. The number of hydrogen-bond donors (Lipinski definition) is 1. The van der Waals surface area contributed by atoms with Crippen LogP contribution in [0, 0.1) is 0 Å². The van der Waals surface area contributed by atoms with Gasteiger partial charge in [-0.15, -0.1) is 0 Å². The summed E-state index contributed by atoms with van der Waals surface area (Å²) in [5.41, 5.74) is 0.556. The molecule has 1 fully saturated rings. The van der Waals surface area contributed by atoms with Gasteiger partial charge in [0, 0.05) is 43.5 Å². The Balaban J connectivity index is 1.41. The van der Waals surface area contributed by atoms with E-state index in [0.717, 1.165) is 30.9 Å². The Kier molecular flexibility index (Phi) is 5.52. The highest BCUT2D eigenvalue weighted by Crippen LogP contribution is 2.21. The second-order valence-electron chi connectivity index (χ2n) is 5.40. The van der Waals surface area contributed by atoms with Crippen LogP contribution < -0.4 is 10.1 Å². The number of carbonyl (C=O) groups excluding carboxylic acids is 1. The van der Waals surface area contributed by atoms with E-state index in [-0.39, 0.29) is 12.0 Å². The highest BCUT2D eigenvalue weighted by atomic mass is 32.2. The summed E-state index contributed by atoms with van der Waals surface area (Å²) in [5, 5.41) is 2.90. The number of nitrogens with one attached hydrogen (secondary N) is 1. The molecule has 3 rings (SSSR count). The Morgan fingerprint density at radius 1 is 1.48 bits per heavy atom. The number of pyridine rings is 1. The number of imidazole rings is 1. The Hall–Kier alpha value is -2.02. The van der Waals surface area contributed by atoms with Gasteiger partial charge in [0.15, 0.2) is 0 Å². The number of aromatic nitrogens is 3. The van der Waals surface area contributed by atoms with Crippen molar-refractivity contribution in [3.63, 3.8) is 0 Å². The highest BCUT2D eigenvalue weighted by molar-refractivity contribution is 7.99. The topological polar surface area (TPSA) is 69.0 Å². The number of carbonyl (C=O) groups is 1. The summed E-state index contributed by atoms with van der Waals surface area (Å²) in [6.45, 7) is 1.46. The summed E-state index contributed by atoms with van der Waals surface area (Å²) in [4.78, 5) is 20.3. The smallest absolute Gasteiger partial charge is 0.252 e. The normalized spacial score (nSPS) is 17.1. The van der Waals surface area contributed by atoms with Crippen LogP contribution in [0.1, 0.15) is 23.2 Å². The first-order valence-electron chi connectivity index (χ1n) is 7.75. The SMILES string of the molecule is O=C(NCCCn1ccnc1)c1ccc(O[C@H]2CCSC2)nc1. The van der Waals surface area contributed by atoms with Crippen molar-refractivity contribution in [3.05, 3.63) is 42.6 Å². The molecule has 3 heterocycles. The van der Waals surface area contributed by atoms with Gasteiger partial charge < -0.3 is 14.6 Å². The largest absolute Gasteiger partial charge is 0.473 e. The number of aryl methyl sites for hydroxylation is 1. The van der Waals surface area contributed by atoms with E-state index < -0.39 is 0 Å². The Morgan fingerprint density at radius 3 is 3.13 bits per heavy atom. The average Bonchev–Trinajstić information content (AvgIpc) is 3.26. The van der Waals surface area contributed by atoms with Gasteiger partial charge in [-0.3, -0.25) is 4.79 Å². The fraction of sp³-hybridized carbons (Fsp3) is 0.438. The molecule has 0 spiro atoms. The fourth-order valence-corrected chi connectivity index (χ4v) is 3.44. The predicted molar refractivity (Wildman–Crippen MR) is 89.8 cm³/mol. The lowest BCUT2D eigenvalue weighted by molar-refractivity contribution is 0.0952. The molecule has 0 radical (unpaired) electrons. The van der Waals surface area contributed by atoms with Crippen molar-refractivity contribution in [1.29, 1.82) is 0 Å². The number of amides is 1. The van der Waals surface area contributed by atoms with Crippen molar-refractivity contribution in [3.8, 4) is 5.88 Å². The summed E-state index contributed by atoms with van der Waals surface area (Å²) in [6, 6.07) is 3.53. The lowest BCUT2D eigenvalue weighted by atomic mass is 10.2. The molecule has 1 aliphatic rings. The molecule has 1 amide bonds. The maximum absolute atomic E-state index is 12.0. The van der Waals surface area contributed by atoms with Crippen LogP contribution >= 0.6 is 11.8 Å². The molecule has 0 saturated carbocycles. The molecule has 1 saturated heterocycles. The van der Waals surface area contributed by atoms with Gasteiger partial charge in [0.1, 0.15) is 6.10 Å². The number of rotatable bonds is 7. The molecule has 1 N–H and O–H groups in total. The molecular weight excluding hydrogens is 312 g/mol. The second kappa shape index (κ2) is 8.01. The van der Waals surface area contributed by atoms with E-state index in [2.05, 4.69) is 15.3 Å². The molecule has 7 heteroatoms. The molecule has 0 bridgehead atoms. The van der Waals surface area contributed by atoms with Crippen LogP contribution in [0.5, 0.6) is 5.88 Å². The van der Waals surface area contributed by atoms with Crippen molar-refractivity contribution in [2.24, 2.45) is 0 Å². The lowest BCUT2D eigenvalue weighted by Gasteiger charge is -2.11. The van der Waals surface area contributed by atoms with Crippen LogP contribution in [-0.4, -0.2) is 44.6 Å². The van der Waals surface area contributed by atoms with Crippen molar-refractivity contribution in [2.75, 3.05) is 18.1 Å². The minimum Gasteiger partial charge on any atom is -0.473 e. The number of nitrogens with zero attached hydrogens (tertiary/aromatic N) is 3. The molecule has 122 valence electrons. The zero-order chi connectivity index (χ0) is 15.9. The molecule has 1 atom stereocenters. The Labute approximate surface area is 139 Å². The van der Waals surface area contributed by atoms with Crippen LogP contribution in [0.15, 0.2) is 37.1 Å². The lowest BCUT2D eigenvalue weighted by Crippen LogP contribution is -2.25. The predicted octanol–water partition coefficient (Wildman–Crippen LogP) is 1.98. The van der Waals surface area contributed by atoms with Gasteiger partial charge in [-0.1, -0.05) is 0 Å². The molecule has 0 unspecified atom stereocenters. The highest BCUT2D eigenvalue weighted by Gasteiger charge is 2.17. The van der Waals surface area contributed by atoms with Crippen molar-refractivity contribution in [1.82, 2.24) is 19.9 Å². The van der Waals surface area contributed by atoms with Gasteiger partial charge in [0.05, 0.1) is 11.9 Å². The number of thioether (sulfide) groups is 1. The Bertz CT molecular complexity index is 610. The quantitative estimate of drug-likeness (QED) is 0.785. The van der Waals surface area contributed by atoms with Crippen LogP contribution in [0.2, 0.25) is 0 Å². The van der Waals surface area contributed by atoms with Crippen LogP contribution in [0.25, 0.3) is 0 Å².